The number of hydrogen-bond donors (Lipinski definition) is 1. The molecular weight excluding hydrogens is 246 g/mol. The van der Waals surface area contributed by atoms with Crippen LogP contribution >= 0.6 is 0 Å². The number of rotatable bonds is 10. The summed E-state index contributed by atoms with van der Waals surface area (Å²) in [5, 5.41) is 8.16. The summed E-state index contributed by atoms with van der Waals surface area (Å²) in [4.78, 5) is 0. The first kappa shape index (κ1) is 17.2. The van der Waals surface area contributed by atoms with Crippen LogP contribution in [0.1, 0.15) is 64.3 Å². The fourth-order valence-electron chi connectivity index (χ4n) is 2.96. The highest BCUT2D eigenvalue weighted by atomic mass is 15.3. The summed E-state index contributed by atoms with van der Waals surface area (Å²) >= 11 is 0. The second-order valence-corrected chi connectivity index (χ2v) is 6.21. The van der Waals surface area contributed by atoms with Crippen LogP contribution < -0.4 is 5.32 Å². The summed E-state index contributed by atoms with van der Waals surface area (Å²) in [5.41, 5.74) is 2.88. The van der Waals surface area contributed by atoms with Crippen molar-refractivity contribution in [2.45, 2.75) is 66.2 Å². The second-order valence-electron chi connectivity index (χ2n) is 6.21. The van der Waals surface area contributed by atoms with Crippen LogP contribution in [0.2, 0.25) is 0 Å². The molecule has 0 saturated carbocycles. The molecule has 116 valence electrons. The van der Waals surface area contributed by atoms with Crippen LogP contribution in [0.5, 0.6) is 0 Å². The first-order valence-electron chi connectivity index (χ1n) is 8.27. The SMILES string of the molecule is CCCCC(CC)(CNCCC)Cc1cc(C)nn1C. The van der Waals surface area contributed by atoms with E-state index in [0.29, 0.717) is 5.41 Å². The van der Waals surface area contributed by atoms with Crippen molar-refractivity contribution in [1.29, 1.82) is 0 Å². The van der Waals surface area contributed by atoms with Gasteiger partial charge in [0, 0.05) is 19.3 Å². The van der Waals surface area contributed by atoms with Gasteiger partial charge >= 0.3 is 0 Å². The maximum absolute atomic E-state index is 4.50. The molecule has 3 nitrogen and oxygen atoms in total. The molecule has 0 radical (unpaired) electrons. The van der Waals surface area contributed by atoms with Gasteiger partial charge in [0.15, 0.2) is 0 Å². The van der Waals surface area contributed by atoms with E-state index in [4.69, 9.17) is 0 Å². The van der Waals surface area contributed by atoms with Crippen molar-refractivity contribution in [2.75, 3.05) is 13.1 Å². The quantitative estimate of drug-likeness (QED) is 0.659. The van der Waals surface area contributed by atoms with Crippen LogP contribution in [0.15, 0.2) is 6.07 Å². The number of aryl methyl sites for hydroxylation is 2. The molecule has 0 bridgehead atoms. The topological polar surface area (TPSA) is 29.9 Å². The van der Waals surface area contributed by atoms with Gasteiger partial charge in [0.2, 0.25) is 0 Å². The predicted molar refractivity (Wildman–Crippen MR) is 87.1 cm³/mol. The summed E-state index contributed by atoms with van der Waals surface area (Å²) in [7, 11) is 2.07. The molecule has 1 unspecified atom stereocenters. The molecule has 0 aliphatic heterocycles. The zero-order chi connectivity index (χ0) is 15.0. The first-order valence-corrected chi connectivity index (χ1v) is 8.27. The molecule has 0 aromatic carbocycles. The molecular formula is C17H33N3. The molecule has 0 fully saturated rings. The lowest BCUT2D eigenvalue weighted by Gasteiger charge is -2.33. The number of nitrogens with one attached hydrogen (secondary N) is 1. The van der Waals surface area contributed by atoms with E-state index in [-0.39, 0.29) is 0 Å². The summed E-state index contributed by atoms with van der Waals surface area (Å²) < 4.78 is 2.06. The van der Waals surface area contributed by atoms with Crippen LogP contribution in [0.25, 0.3) is 0 Å². The lowest BCUT2D eigenvalue weighted by atomic mass is 9.76. The molecule has 1 N–H and O–H groups in total. The fraction of sp³-hybridized carbons (Fsp3) is 0.824. The summed E-state index contributed by atoms with van der Waals surface area (Å²) in [6.07, 6.45) is 7.48. The van der Waals surface area contributed by atoms with E-state index in [1.165, 1.54) is 37.8 Å². The van der Waals surface area contributed by atoms with Gasteiger partial charge in [-0.1, -0.05) is 33.6 Å². The molecule has 0 aliphatic rings. The molecule has 1 heterocycles. The van der Waals surface area contributed by atoms with E-state index in [0.717, 1.165) is 25.2 Å². The van der Waals surface area contributed by atoms with E-state index in [1.807, 2.05) is 0 Å². The lowest BCUT2D eigenvalue weighted by Crippen LogP contribution is -2.36. The fourth-order valence-corrected chi connectivity index (χ4v) is 2.96. The average molecular weight is 279 g/mol. The third kappa shape index (κ3) is 4.93. The smallest absolute Gasteiger partial charge is 0.0596 e. The van der Waals surface area contributed by atoms with Gasteiger partial charge in [-0.2, -0.15) is 5.10 Å². The molecule has 1 aromatic rings. The maximum Gasteiger partial charge on any atom is 0.0596 e. The Bertz CT molecular complexity index is 384. The minimum absolute atomic E-state index is 0.380. The Morgan fingerprint density at radius 2 is 2.00 bits per heavy atom. The Balaban J connectivity index is 2.81. The van der Waals surface area contributed by atoms with E-state index < -0.39 is 0 Å². The van der Waals surface area contributed by atoms with Crippen molar-refractivity contribution in [1.82, 2.24) is 15.1 Å². The molecule has 20 heavy (non-hydrogen) atoms. The average Bonchev–Trinajstić information content (AvgIpc) is 2.74. The molecule has 0 amide bonds. The van der Waals surface area contributed by atoms with Gasteiger partial charge in [-0.05, 0) is 50.6 Å². The van der Waals surface area contributed by atoms with E-state index in [9.17, 15) is 0 Å². The molecule has 0 saturated heterocycles. The normalized spacial score (nSPS) is 14.4. The Morgan fingerprint density at radius 1 is 1.25 bits per heavy atom. The second kappa shape index (κ2) is 8.46. The van der Waals surface area contributed by atoms with Gasteiger partial charge in [-0.15, -0.1) is 0 Å². The molecule has 3 heteroatoms. The third-order valence-corrected chi connectivity index (χ3v) is 4.39. The van der Waals surface area contributed by atoms with Crippen LogP contribution in [-0.4, -0.2) is 22.9 Å². The standard InChI is InChI=1S/C17H33N3/c1-6-9-10-17(8-3,14-18-11-7-2)13-16-12-15(4)19-20(16)5/h12,18H,6-11,13-14H2,1-5H3. The zero-order valence-electron chi connectivity index (χ0n) is 14.1. The highest BCUT2D eigenvalue weighted by molar-refractivity contribution is 5.11. The maximum atomic E-state index is 4.50. The van der Waals surface area contributed by atoms with Crippen molar-refractivity contribution in [3.63, 3.8) is 0 Å². The largest absolute Gasteiger partial charge is 0.316 e. The van der Waals surface area contributed by atoms with Crippen molar-refractivity contribution >= 4 is 0 Å². The van der Waals surface area contributed by atoms with Crippen molar-refractivity contribution in [3.05, 3.63) is 17.5 Å². The highest BCUT2D eigenvalue weighted by Crippen LogP contribution is 2.32. The Kier molecular flexibility index (Phi) is 7.28. The number of aromatic nitrogens is 2. The van der Waals surface area contributed by atoms with Gasteiger partial charge in [0.25, 0.3) is 0 Å². The highest BCUT2D eigenvalue weighted by Gasteiger charge is 2.28. The number of unbranched alkanes of at least 4 members (excludes halogenated alkanes) is 1. The van der Waals surface area contributed by atoms with E-state index in [2.05, 4.69) is 55.9 Å². The van der Waals surface area contributed by atoms with Crippen molar-refractivity contribution in [3.8, 4) is 0 Å². The predicted octanol–water partition coefficient (Wildman–Crippen LogP) is 3.86. The molecule has 1 rings (SSSR count). The summed E-state index contributed by atoms with van der Waals surface area (Å²) in [5.74, 6) is 0. The van der Waals surface area contributed by atoms with E-state index in [1.54, 1.807) is 0 Å². The van der Waals surface area contributed by atoms with Crippen LogP contribution in [-0.2, 0) is 13.5 Å². The monoisotopic (exact) mass is 279 g/mol. The van der Waals surface area contributed by atoms with Crippen LogP contribution in [0.3, 0.4) is 0 Å². The first-order chi connectivity index (χ1) is 9.56. The minimum atomic E-state index is 0.380. The van der Waals surface area contributed by atoms with Crippen LogP contribution in [0.4, 0.5) is 0 Å². The number of hydrogen-bond acceptors (Lipinski definition) is 2. The molecule has 0 spiro atoms. The van der Waals surface area contributed by atoms with E-state index >= 15 is 0 Å². The molecule has 1 aromatic heterocycles. The molecule has 1 atom stereocenters. The molecule has 0 aliphatic carbocycles. The van der Waals surface area contributed by atoms with Crippen molar-refractivity contribution in [2.24, 2.45) is 12.5 Å². The van der Waals surface area contributed by atoms with Gasteiger partial charge in [-0.3, -0.25) is 4.68 Å². The van der Waals surface area contributed by atoms with Gasteiger partial charge in [0.1, 0.15) is 0 Å². The minimum Gasteiger partial charge on any atom is -0.316 e. The Labute approximate surface area is 125 Å². The lowest BCUT2D eigenvalue weighted by molar-refractivity contribution is 0.225. The summed E-state index contributed by atoms with van der Waals surface area (Å²) in [6.45, 7) is 11.2. The summed E-state index contributed by atoms with van der Waals surface area (Å²) in [6, 6.07) is 2.25. The van der Waals surface area contributed by atoms with Crippen molar-refractivity contribution < 1.29 is 0 Å². The zero-order valence-corrected chi connectivity index (χ0v) is 14.1. The third-order valence-electron chi connectivity index (χ3n) is 4.39. The Hall–Kier alpha value is -0.830. The number of nitrogens with zero attached hydrogens (tertiary/aromatic N) is 2. The van der Waals surface area contributed by atoms with Crippen LogP contribution in [0, 0.1) is 12.3 Å². The van der Waals surface area contributed by atoms with Gasteiger partial charge in [-0.25, -0.2) is 0 Å². The van der Waals surface area contributed by atoms with Gasteiger partial charge < -0.3 is 5.32 Å². The van der Waals surface area contributed by atoms with Gasteiger partial charge in [0.05, 0.1) is 5.69 Å². The Morgan fingerprint density at radius 3 is 2.50 bits per heavy atom.